The van der Waals surface area contributed by atoms with Crippen molar-refractivity contribution in [1.82, 2.24) is 15.1 Å². The highest BCUT2D eigenvalue weighted by molar-refractivity contribution is 4.93. The minimum atomic E-state index is 0.707. The summed E-state index contributed by atoms with van der Waals surface area (Å²) in [6.45, 7) is 11.9. The summed E-state index contributed by atoms with van der Waals surface area (Å²) in [6, 6.07) is 2.20. The van der Waals surface area contributed by atoms with E-state index in [1.165, 1.54) is 38.9 Å². The van der Waals surface area contributed by atoms with Crippen molar-refractivity contribution in [1.29, 1.82) is 0 Å². The lowest BCUT2D eigenvalue weighted by Gasteiger charge is -2.47. The van der Waals surface area contributed by atoms with Crippen LogP contribution < -0.4 is 5.32 Å². The topological polar surface area (TPSA) is 18.5 Å². The first-order chi connectivity index (χ1) is 8.61. The Kier molecular flexibility index (Phi) is 5.05. The van der Waals surface area contributed by atoms with Gasteiger partial charge in [-0.15, -0.1) is 0 Å². The first-order valence-corrected chi connectivity index (χ1v) is 7.79. The van der Waals surface area contributed by atoms with Gasteiger partial charge in [-0.1, -0.05) is 13.8 Å². The van der Waals surface area contributed by atoms with Crippen LogP contribution in [0.3, 0.4) is 0 Å². The van der Waals surface area contributed by atoms with Crippen LogP contribution in [0.2, 0.25) is 0 Å². The lowest BCUT2D eigenvalue weighted by atomic mass is 9.82. The lowest BCUT2D eigenvalue weighted by molar-refractivity contribution is 0.0335. The van der Waals surface area contributed by atoms with Crippen LogP contribution in [-0.2, 0) is 0 Å². The molecule has 3 heteroatoms. The first kappa shape index (κ1) is 14.3. The third kappa shape index (κ3) is 3.25. The summed E-state index contributed by atoms with van der Waals surface area (Å²) in [5, 5.41) is 3.72. The molecule has 1 N–H and O–H groups in total. The molecule has 106 valence electrons. The highest BCUT2D eigenvalue weighted by Gasteiger charge is 2.34. The van der Waals surface area contributed by atoms with Gasteiger partial charge in [0.25, 0.3) is 0 Å². The molecule has 0 aromatic heterocycles. The predicted octanol–water partition coefficient (Wildman–Crippen LogP) is 1.79. The second kappa shape index (κ2) is 6.36. The standard InChI is InChI=1S/C15H31N3/c1-5-16-14-7-6-12(2)10-15(14)18-9-8-17(4)13(3)11-18/h12-16H,5-11H2,1-4H3. The van der Waals surface area contributed by atoms with Crippen molar-refractivity contribution in [2.45, 2.75) is 58.2 Å². The van der Waals surface area contributed by atoms with Gasteiger partial charge in [0.15, 0.2) is 0 Å². The quantitative estimate of drug-likeness (QED) is 0.827. The average Bonchev–Trinajstić information content (AvgIpc) is 2.35. The van der Waals surface area contributed by atoms with Crippen LogP contribution in [-0.4, -0.2) is 61.2 Å². The van der Waals surface area contributed by atoms with E-state index in [9.17, 15) is 0 Å². The van der Waals surface area contributed by atoms with Crippen LogP contribution in [0.25, 0.3) is 0 Å². The Morgan fingerprint density at radius 2 is 1.94 bits per heavy atom. The van der Waals surface area contributed by atoms with Gasteiger partial charge in [0.05, 0.1) is 0 Å². The summed E-state index contributed by atoms with van der Waals surface area (Å²) < 4.78 is 0. The van der Waals surface area contributed by atoms with Gasteiger partial charge in [-0.25, -0.2) is 0 Å². The third-order valence-electron chi connectivity index (χ3n) is 5.01. The average molecular weight is 253 g/mol. The zero-order valence-corrected chi connectivity index (χ0v) is 12.7. The maximum Gasteiger partial charge on any atom is 0.0253 e. The van der Waals surface area contributed by atoms with Crippen molar-refractivity contribution >= 4 is 0 Å². The Bertz CT molecular complexity index is 256. The molecule has 2 aliphatic rings. The fraction of sp³-hybridized carbons (Fsp3) is 1.00. The molecule has 0 spiro atoms. The number of piperazine rings is 1. The zero-order valence-electron chi connectivity index (χ0n) is 12.7. The van der Waals surface area contributed by atoms with Gasteiger partial charge in [-0.3, -0.25) is 4.90 Å². The SMILES string of the molecule is CCNC1CCC(C)CC1N1CCN(C)C(C)C1. The Morgan fingerprint density at radius 3 is 2.61 bits per heavy atom. The smallest absolute Gasteiger partial charge is 0.0253 e. The van der Waals surface area contributed by atoms with Crippen LogP contribution >= 0.6 is 0 Å². The number of rotatable bonds is 3. The molecule has 1 saturated heterocycles. The molecule has 0 aromatic rings. The van der Waals surface area contributed by atoms with E-state index in [2.05, 4.69) is 42.9 Å². The third-order valence-corrected chi connectivity index (χ3v) is 5.01. The normalized spacial score (nSPS) is 40.0. The van der Waals surface area contributed by atoms with E-state index in [1.54, 1.807) is 0 Å². The number of nitrogens with zero attached hydrogens (tertiary/aromatic N) is 2. The number of likely N-dealkylation sites (N-methyl/N-ethyl adjacent to an activating group) is 2. The largest absolute Gasteiger partial charge is 0.313 e. The summed E-state index contributed by atoms with van der Waals surface area (Å²) in [6.07, 6.45) is 4.14. The van der Waals surface area contributed by atoms with Crippen molar-refractivity contribution in [2.75, 3.05) is 33.2 Å². The number of nitrogens with one attached hydrogen (secondary N) is 1. The lowest BCUT2D eigenvalue weighted by Crippen LogP contribution is -2.60. The van der Waals surface area contributed by atoms with E-state index in [-0.39, 0.29) is 0 Å². The molecule has 1 heterocycles. The molecule has 0 aromatic carbocycles. The van der Waals surface area contributed by atoms with Gasteiger partial charge in [-0.05, 0) is 45.7 Å². The molecule has 1 saturated carbocycles. The summed E-state index contributed by atoms with van der Waals surface area (Å²) >= 11 is 0. The van der Waals surface area contributed by atoms with Gasteiger partial charge in [0, 0.05) is 37.8 Å². The molecular formula is C15H31N3. The van der Waals surface area contributed by atoms with Crippen LogP contribution in [0.1, 0.15) is 40.0 Å². The van der Waals surface area contributed by atoms with Crippen LogP contribution in [0.5, 0.6) is 0 Å². The molecule has 0 amide bonds. The van der Waals surface area contributed by atoms with E-state index in [4.69, 9.17) is 0 Å². The predicted molar refractivity (Wildman–Crippen MR) is 77.9 cm³/mol. The van der Waals surface area contributed by atoms with Gasteiger partial charge in [-0.2, -0.15) is 0 Å². The molecule has 4 atom stereocenters. The fourth-order valence-corrected chi connectivity index (χ4v) is 3.63. The highest BCUT2D eigenvalue weighted by atomic mass is 15.3. The Morgan fingerprint density at radius 1 is 1.17 bits per heavy atom. The van der Waals surface area contributed by atoms with E-state index in [1.807, 2.05) is 0 Å². The summed E-state index contributed by atoms with van der Waals surface area (Å²) in [5.41, 5.74) is 0. The van der Waals surface area contributed by atoms with Gasteiger partial charge in [0.1, 0.15) is 0 Å². The molecule has 1 aliphatic heterocycles. The van der Waals surface area contributed by atoms with Crippen molar-refractivity contribution in [3.8, 4) is 0 Å². The summed E-state index contributed by atoms with van der Waals surface area (Å²) in [4.78, 5) is 5.25. The van der Waals surface area contributed by atoms with Crippen LogP contribution in [0.4, 0.5) is 0 Å². The van der Waals surface area contributed by atoms with Crippen molar-refractivity contribution < 1.29 is 0 Å². The number of hydrogen-bond acceptors (Lipinski definition) is 3. The number of hydrogen-bond donors (Lipinski definition) is 1. The Balaban J connectivity index is 1.98. The van der Waals surface area contributed by atoms with Crippen molar-refractivity contribution in [2.24, 2.45) is 5.92 Å². The van der Waals surface area contributed by atoms with Gasteiger partial charge >= 0.3 is 0 Å². The molecule has 18 heavy (non-hydrogen) atoms. The second-order valence-electron chi connectivity index (χ2n) is 6.47. The summed E-state index contributed by atoms with van der Waals surface area (Å²) in [5.74, 6) is 0.903. The summed E-state index contributed by atoms with van der Waals surface area (Å²) in [7, 11) is 2.26. The van der Waals surface area contributed by atoms with Crippen LogP contribution in [0.15, 0.2) is 0 Å². The van der Waals surface area contributed by atoms with Crippen molar-refractivity contribution in [3.05, 3.63) is 0 Å². The van der Waals surface area contributed by atoms with Gasteiger partial charge in [0.2, 0.25) is 0 Å². The molecule has 3 nitrogen and oxygen atoms in total. The minimum Gasteiger partial charge on any atom is -0.313 e. The molecular weight excluding hydrogens is 222 g/mol. The molecule has 4 unspecified atom stereocenters. The van der Waals surface area contributed by atoms with Gasteiger partial charge < -0.3 is 10.2 Å². The monoisotopic (exact) mass is 253 g/mol. The van der Waals surface area contributed by atoms with E-state index in [0.717, 1.165) is 24.5 Å². The first-order valence-electron chi connectivity index (χ1n) is 7.79. The van der Waals surface area contributed by atoms with Crippen LogP contribution in [0, 0.1) is 5.92 Å². The highest BCUT2D eigenvalue weighted by Crippen LogP contribution is 2.29. The Labute approximate surface area is 113 Å². The van der Waals surface area contributed by atoms with Crippen molar-refractivity contribution in [3.63, 3.8) is 0 Å². The maximum absolute atomic E-state index is 3.72. The molecule has 0 radical (unpaired) electrons. The second-order valence-corrected chi connectivity index (χ2v) is 6.47. The maximum atomic E-state index is 3.72. The minimum absolute atomic E-state index is 0.707. The molecule has 0 bridgehead atoms. The molecule has 1 aliphatic carbocycles. The zero-order chi connectivity index (χ0) is 13.1. The Hall–Kier alpha value is -0.120. The van der Waals surface area contributed by atoms with E-state index < -0.39 is 0 Å². The van der Waals surface area contributed by atoms with E-state index >= 15 is 0 Å². The van der Waals surface area contributed by atoms with E-state index in [0.29, 0.717) is 6.04 Å². The molecule has 2 rings (SSSR count). The fourth-order valence-electron chi connectivity index (χ4n) is 3.63. The molecule has 2 fully saturated rings.